The number of fused-ring (bicyclic) bond motifs is 1. The standard InChI is InChI=1S/C36H43NO7/c1-2-29(38)24-44-35-21-37-20-34(43-22-25-18-27-8-3-5-10-31(27)33(40)19-25)36(35)26-12-14-30(15-13-26)42-17-7-16-41-23-28-9-4-6-11-32(28)39/h3-6,8-15,18-19,29,34-40H,2,7,16-17,20-24H2,1H3. The molecule has 5 rings (SSSR count). The van der Waals surface area contributed by atoms with E-state index in [0.29, 0.717) is 45.9 Å². The van der Waals surface area contributed by atoms with Gasteiger partial charge in [-0.1, -0.05) is 61.5 Å². The van der Waals surface area contributed by atoms with Gasteiger partial charge in [-0.3, -0.25) is 0 Å². The van der Waals surface area contributed by atoms with E-state index in [-0.39, 0.29) is 36.2 Å². The van der Waals surface area contributed by atoms with E-state index in [0.717, 1.165) is 39.6 Å². The number of hydrogen-bond acceptors (Lipinski definition) is 8. The summed E-state index contributed by atoms with van der Waals surface area (Å²) < 4.78 is 24.4. The number of aliphatic hydroxyl groups is 1. The zero-order valence-electron chi connectivity index (χ0n) is 25.2. The van der Waals surface area contributed by atoms with E-state index in [2.05, 4.69) is 23.5 Å². The van der Waals surface area contributed by atoms with Gasteiger partial charge in [-0.2, -0.15) is 0 Å². The minimum Gasteiger partial charge on any atom is -0.508 e. The predicted octanol–water partition coefficient (Wildman–Crippen LogP) is 5.67. The Morgan fingerprint density at radius 2 is 1.57 bits per heavy atom. The summed E-state index contributed by atoms with van der Waals surface area (Å²) >= 11 is 0. The van der Waals surface area contributed by atoms with Crippen LogP contribution in [0.5, 0.6) is 17.2 Å². The largest absolute Gasteiger partial charge is 0.508 e. The maximum atomic E-state index is 10.6. The predicted molar refractivity (Wildman–Crippen MR) is 170 cm³/mol. The first-order chi connectivity index (χ1) is 21.5. The summed E-state index contributed by atoms with van der Waals surface area (Å²) in [5.41, 5.74) is 2.75. The van der Waals surface area contributed by atoms with Gasteiger partial charge in [-0.05, 0) is 53.3 Å². The topological polar surface area (TPSA) is 110 Å². The number of aliphatic hydroxyl groups excluding tert-OH is 1. The summed E-state index contributed by atoms with van der Waals surface area (Å²) in [5.74, 6) is 1.19. The van der Waals surface area contributed by atoms with Gasteiger partial charge >= 0.3 is 0 Å². The SMILES string of the molecule is CCC(O)COC1CNCC(OCc2cc(O)c3ccccc3c2)C1c1ccc(OCCCOCc2ccccc2O)cc1. The summed E-state index contributed by atoms with van der Waals surface area (Å²) in [6.45, 7) is 5.25. The van der Waals surface area contributed by atoms with Crippen LogP contribution in [-0.2, 0) is 27.4 Å². The molecule has 1 aliphatic heterocycles. The fourth-order valence-electron chi connectivity index (χ4n) is 5.56. The molecule has 8 nitrogen and oxygen atoms in total. The van der Waals surface area contributed by atoms with Gasteiger partial charge in [-0.15, -0.1) is 0 Å². The number of aromatic hydroxyl groups is 2. The van der Waals surface area contributed by atoms with Gasteiger partial charge < -0.3 is 39.6 Å². The molecule has 0 amide bonds. The number of piperidine rings is 1. The summed E-state index contributed by atoms with van der Waals surface area (Å²) in [5, 5.41) is 35.8. The number of phenolic OH excluding ortho intramolecular Hbond substituents is 2. The first-order valence-electron chi connectivity index (χ1n) is 15.4. The molecule has 1 saturated heterocycles. The molecule has 4 N–H and O–H groups in total. The van der Waals surface area contributed by atoms with Crippen molar-refractivity contribution in [3.8, 4) is 17.2 Å². The average Bonchev–Trinajstić information content (AvgIpc) is 3.05. The highest BCUT2D eigenvalue weighted by atomic mass is 16.5. The third kappa shape index (κ3) is 8.49. The number of para-hydroxylation sites is 1. The number of nitrogens with one attached hydrogen (secondary N) is 1. The second-order valence-corrected chi connectivity index (χ2v) is 11.3. The second-order valence-electron chi connectivity index (χ2n) is 11.3. The van der Waals surface area contributed by atoms with Crippen LogP contribution >= 0.6 is 0 Å². The number of ether oxygens (including phenoxy) is 4. The van der Waals surface area contributed by atoms with Gasteiger partial charge in [-0.25, -0.2) is 0 Å². The first kappa shape index (κ1) is 31.8. The monoisotopic (exact) mass is 601 g/mol. The van der Waals surface area contributed by atoms with Crippen LogP contribution in [0.1, 0.15) is 42.4 Å². The molecule has 0 spiro atoms. The van der Waals surface area contributed by atoms with Crippen molar-refractivity contribution in [1.82, 2.24) is 5.32 Å². The Bertz CT molecular complexity index is 1460. The summed E-state index contributed by atoms with van der Waals surface area (Å²) in [6, 6.07) is 26.8. The summed E-state index contributed by atoms with van der Waals surface area (Å²) in [4.78, 5) is 0. The Hall–Kier alpha value is -3.66. The van der Waals surface area contributed by atoms with Gasteiger partial charge in [0.25, 0.3) is 0 Å². The molecule has 234 valence electrons. The van der Waals surface area contributed by atoms with Gasteiger partial charge in [0, 0.05) is 36.4 Å². The lowest BCUT2D eigenvalue weighted by molar-refractivity contribution is -0.0777. The summed E-state index contributed by atoms with van der Waals surface area (Å²) in [7, 11) is 0. The van der Waals surface area contributed by atoms with Gasteiger partial charge in [0.05, 0.1) is 51.3 Å². The molecule has 0 aromatic heterocycles. The van der Waals surface area contributed by atoms with E-state index >= 15 is 0 Å². The smallest absolute Gasteiger partial charge is 0.123 e. The number of phenols is 2. The number of benzene rings is 4. The maximum absolute atomic E-state index is 10.6. The van der Waals surface area contributed by atoms with Crippen LogP contribution in [0.2, 0.25) is 0 Å². The van der Waals surface area contributed by atoms with Crippen LogP contribution in [-0.4, -0.2) is 66.5 Å². The van der Waals surface area contributed by atoms with E-state index < -0.39 is 6.10 Å². The highest BCUT2D eigenvalue weighted by Crippen LogP contribution is 2.33. The third-order valence-electron chi connectivity index (χ3n) is 8.05. The normalized spacial score (nSPS) is 19.2. The van der Waals surface area contributed by atoms with Crippen molar-refractivity contribution < 1.29 is 34.3 Å². The van der Waals surface area contributed by atoms with E-state index in [1.54, 1.807) is 18.2 Å². The van der Waals surface area contributed by atoms with Crippen LogP contribution < -0.4 is 10.1 Å². The molecule has 8 heteroatoms. The van der Waals surface area contributed by atoms with Crippen LogP contribution in [0.25, 0.3) is 10.8 Å². The molecular weight excluding hydrogens is 558 g/mol. The van der Waals surface area contributed by atoms with Crippen molar-refractivity contribution in [3.63, 3.8) is 0 Å². The first-order valence-corrected chi connectivity index (χ1v) is 15.4. The zero-order valence-corrected chi connectivity index (χ0v) is 25.2. The molecule has 1 fully saturated rings. The molecule has 4 unspecified atom stereocenters. The highest BCUT2D eigenvalue weighted by molar-refractivity contribution is 5.88. The molecule has 4 atom stereocenters. The lowest BCUT2D eigenvalue weighted by Gasteiger charge is -2.39. The minimum atomic E-state index is -0.518. The Morgan fingerprint density at radius 1 is 0.818 bits per heavy atom. The van der Waals surface area contributed by atoms with Crippen LogP contribution in [0.3, 0.4) is 0 Å². The molecular formula is C36H43NO7. The molecule has 0 radical (unpaired) electrons. The van der Waals surface area contributed by atoms with Crippen LogP contribution in [0.4, 0.5) is 0 Å². The molecule has 1 heterocycles. The number of hydrogen-bond donors (Lipinski definition) is 4. The molecule has 44 heavy (non-hydrogen) atoms. The number of rotatable bonds is 15. The van der Waals surface area contributed by atoms with E-state index in [1.807, 2.05) is 55.5 Å². The van der Waals surface area contributed by atoms with Gasteiger partial charge in [0.2, 0.25) is 0 Å². The van der Waals surface area contributed by atoms with Crippen molar-refractivity contribution in [1.29, 1.82) is 0 Å². The van der Waals surface area contributed by atoms with E-state index in [1.165, 1.54) is 0 Å². The van der Waals surface area contributed by atoms with Gasteiger partial charge in [0.15, 0.2) is 0 Å². The van der Waals surface area contributed by atoms with Crippen molar-refractivity contribution in [3.05, 3.63) is 102 Å². The summed E-state index contributed by atoms with van der Waals surface area (Å²) in [6.07, 6.45) is 0.458. The Balaban J connectivity index is 1.20. The molecule has 0 aliphatic carbocycles. The molecule has 4 aromatic carbocycles. The van der Waals surface area contributed by atoms with Crippen molar-refractivity contribution in [2.24, 2.45) is 0 Å². The lowest BCUT2D eigenvalue weighted by atomic mass is 9.85. The van der Waals surface area contributed by atoms with Crippen molar-refractivity contribution in [2.75, 3.05) is 32.9 Å². The van der Waals surface area contributed by atoms with E-state index in [9.17, 15) is 15.3 Å². The Morgan fingerprint density at radius 3 is 2.36 bits per heavy atom. The second kappa shape index (κ2) is 15.9. The quantitative estimate of drug-likeness (QED) is 0.129. The highest BCUT2D eigenvalue weighted by Gasteiger charge is 2.36. The van der Waals surface area contributed by atoms with E-state index in [4.69, 9.17) is 18.9 Å². The Kier molecular flexibility index (Phi) is 11.5. The molecule has 0 saturated carbocycles. The van der Waals surface area contributed by atoms with Crippen molar-refractivity contribution >= 4 is 10.8 Å². The maximum Gasteiger partial charge on any atom is 0.123 e. The third-order valence-corrected chi connectivity index (χ3v) is 8.05. The lowest BCUT2D eigenvalue weighted by Crippen LogP contribution is -2.51. The minimum absolute atomic E-state index is 0.0637. The van der Waals surface area contributed by atoms with Crippen LogP contribution in [0.15, 0.2) is 84.9 Å². The van der Waals surface area contributed by atoms with Gasteiger partial charge in [0.1, 0.15) is 17.2 Å². The molecule has 0 bridgehead atoms. The molecule has 4 aromatic rings. The average molecular weight is 602 g/mol. The zero-order chi connectivity index (χ0) is 30.7. The van der Waals surface area contributed by atoms with Crippen molar-refractivity contribution in [2.45, 2.75) is 57.2 Å². The molecule has 1 aliphatic rings. The Labute approximate surface area is 259 Å². The fourth-order valence-corrected chi connectivity index (χ4v) is 5.56. The fraction of sp³-hybridized carbons (Fsp3) is 0.389. The van der Waals surface area contributed by atoms with Crippen LogP contribution in [0, 0.1) is 0 Å².